The summed E-state index contributed by atoms with van der Waals surface area (Å²) in [5, 5.41) is 7.48. The van der Waals surface area contributed by atoms with Gasteiger partial charge in [-0.05, 0) is 112 Å². The predicted octanol–water partition coefficient (Wildman–Crippen LogP) is 11.5. The predicted molar refractivity (Wildman–Crippen MR) is 199 cm³/mol. The van der Waals surface area contributed by atoms with Crippen molar-refractivity contribution in [1.29, 1.82) is 0 Å². The molecule has 2 unspecified atom stereocenters. The van der Waals surface area contributed by atoms with E-state index < -0.39 is 0 Å². The van der Waals surface area contributed by atoms with E-state index in [1.165, 1.54) is 88.0 Å². The van der Waals surface area contributed by atoms with Gasteiger partial charge in [-0.25, -0.2) is 4.99 Å². The largest absolute Gasteiger partial charge is 0.467 e. The Labute approximate surface area is 275 Å². The summed E-state index contributed by atoms with van der Waals surface area (Å²) in [6.07, 6.45) is 6.43. The first-order valence-corrected chi connectivity index (χ1v) is 16.5. The van der Waals surface area contributed by atoms with Gasteiger partial charge in [0.05, 0.1) is 0 Å². The highest BCUT2D eigenvalue weighted by molar-refractivity contribution is 6.32. The molecule has 0 saturated heterocycles. The molecule has 7 aromatic rings. The number of hydrogen-bond donors (Lipinski definition) is 0. The van der Waals surface area contributed by atoms with E-state index in [-0.39, 0.29) is 12.1 Å². The molecule has 2 heteroatoms. The number of nitrogens with zero attached hydrogens (tertiary/aromatic N) is 1. The summed E-state index contributed by atoms with van der Waals surface area (Å²) < 4.78 is 6.63. The van der Waals surface area contributed by atoms with Crippen molar-refractivity contribution in [2.45, 2.75) is 39.8 Å². The minimum absolute atomic E-state index is 0.00218. The summed E-state index contributed by atoms with van der Waals surface area (Å²) in [6, 6.07) is 40.8. The van der Waals surface area contributed by atoms with Crippen LogP contribution in [0.15, 0.2) is 138 Å². The maximum Gasteiger partial charge on any atom is 0.218 e. The number of allylic oxidation sites excluding steroid dienone is 2. The Morgan fingerprint density at radius 3 is 1.34 bits per heavy atom. The van der Waals surface area contributed by atoms with Crippen LogP contribution in [-0.4, -0.2) is 18.0 Å². The fraction of sp³-hybridized carbons (Fsp3) is 0.133. The van der Waals surface area contributed by atoms with E-state index in [2.05, 4.69) is 155 Å². The van der Waals surface area contributed by atoms with Crippen molar-refractivity contribution >= 4 is 38.2 Å². The van der Waals surface area contributed by atoms with Crippen LogP contribution >= 0.6 is 0 Å². The molecule has 7 aromatic carbocycles. The third-order valence-electron chi connectivity index (χ3n) is 10.0. The van der Waals surface area contributed by atoms with Crippen molar-refractivity contribution in [3.05, 3.63) is 155 Å². The van der Waals surface area contributed by atoms with Crippen LogP contribution in [0.3, 0.4) is 0 Å². The van der Waals surface area contributed by atoms with Crippen LogP contribution in [-0.2, 0) is 4.74 Å². The molecule has 0 saturated carbocycles. The topological polar surface area (TPSA) is 21.6 Å². The Hall–Kier alpha value is -5.47. The molecular formula is C45H35NO. The molecule has 0 N–H and O–H groups in total. The van der Waals surface area contributed by atoms with Crippen LogP contribution in [0, 0.1) is 20.8 Å². The van der Waals surface area contributed by atoms with Gasteiger partial charge in [-0.15, -0.1) is 0 Å². The average molecular weight is 606 g/mol. The summed E-state index contributed by atoms with van der Waals surface area (Å²) >= 11 is 0. The number of aliphatic imine (C=N–C) groups is 1. The van der Waals surface area contributed by atoms with Crippen molar-refractivity contribution in [3.8, 4) is 33.4 Å². The minimum atomic E-state index is -0.0728. The van der Waals surface area contributed by atoms with E-state index in [0.717, 1.165) is 11.5 Å². The highest BCUT2D eigenvalue weighted by Gasteiger charge is 2.32. The van der Waals surface area contributed by atoms with Crippen LogP contribution < -0.4 is 0 Å². The van der Waals surface area contributed by atoms with Gasteiger partial charge in [0.2, 0.25) is 5.90 Å². The highest BCUT2D eigenvalue weighted by Crippen LogP contribution is 2.47. The fourth-order valence-electron chi connectivity index (χ4n) is 7.51. The van der Waals surface area contributed by atoms with Crippen molar-refractivity contribution < 1.29 is 4.74 Å². The Bertz CT molecular complexity index is 2380. The lowest BCUT2D eigenvalue weighted by Crippen LogP contribution is -2.20. The van der Waals surface area contributed by atoms with Gasteiger partial charge in [0.15, 0.2) is 0 Å². The van der Waals surface area contributed by atoms with Gasteiger partial charge in [-0.3, -0.25) is 0 Å². The first kappa shape index (κ1) is 27.8. The molecule has 2 atom stereocenters. The molecule has 2 nitrogen and oxygen atoms in total. The van der Waals surface area contributed by atoms with E-state index >= 15 is 0 Å². The fourth-order valence-corrected chi connectivity index (χ4v) is 7.51. The number of benzene rings is 7. The molecule has 0 aromatic heterocycles. The molecule has 0 spiro atoms. The lowest BCUT2D eigenvalue weighted by atomic mass is 9.82. The van der Waals surface area contributed by atoms with Crippen molar-refractivity contribution in [1.82, 2.24) is 0 Å². The molecule has 9 rings (SSSR count). The maximum atomic E-state index is 6.63. The Balaban J connectivity index is 1.41. The van der Waals surface area contributed by atoms with Crippen LogP contribution in [0.2, 0.25) is 0 Å². The number of fused-ring (bicyclic) bond motifs is 1. The van der Waals surface area contributed by atoms with E-state index in [4.69, 9.17) is 9.73 Å². The molecule has 0 radical (unpaired) electrons. The Kier molecular flexibility index (Phi) is 6.23. The van der Waals surface area contributed by atoms with Gasteiger partial charge < -0.3 is 4.74 Å². The second-order valence-corrected chi connectivity index (χ2v) is 13.4. The van der Waals surface area contributed by atoms with E-state index in [1.54, 1.807) is 0 Å². The quantitative estimate of drug-likeness (QED) is 0.183. The summed E-state index contributed by atoms with van der Waals surface area (Å²) in [4.78, 5) is 5.18. The minimum Gasteiger partial charge on any atom is -0.467 e. The van der Waals surface area contributed by atoms with Crippen LogP contribution in [0.25, 0.3) is 65.7 Å². The Morgan fingerprint density at radius 1 is 0.489 bits per heavy atom. The highest BCUT2D eigenvalue weighted by atomic mass is 16.5. The first-order valence-electron chi connectivity index (χ1n) is 16.5. The molecular weight excluding hydrogens is 571 g/mol. The number of ether oxygens (including phenoxy) is 1. The SMILES string of the molecule is CC1=CC2N=C(c3cc(-c4ccc(C)cc4)c4ccc5c(-c6ccc(C)cc6)cc(-c6ccc(C)cc6)c6ccc3c4c65)OC2C=C1. The number of aryl methyl sites for hydroxylation is 3. The molecule has 226 valence electrons. The molecule has 47 heavy (non-hydrogen) atoms. The van der Waals surface area contributed by atoms with Crippen LogP contribution in [0.4, 0.5) is 0 Å². The first-order chi connectivity index (χ1) is 22.9. The normalized spacial score (nSPS) is 17.3. The number of rotatable bonds is 4. The molecule has 1 heterocycles. The van der Waals surface area contributed by atoms with Gasteiger partial charge in [0, 0.05) is 5.56 Å². The summed E-state index contributed by atoms with van der Waals surface area (Å²) in [7, 11) is 0. The summed E-state index contributed by atoms with van der Waals surface area (Å²) in [5.74, 6) is 0.722. The third-order valence-corrected chi connectivity index (χ3v) is 10.0. The average Bonchev–Trinajstić information content (AvgIpc) is 3.51. The van der Waals surface area contributed by atoms with E-state index in [9.17, 15) is 0 Å². The third kappa shape index (κ3) is 4.51. The second kappa shape index (κ2) is 10.5. The molecule has 0 amide bonds. The van der Waals surface area contributed by atoms with Crippen molar-refractivity contribution in [2.75, 3.05) is 0 Å². The monoisotopic (exact) mass is 605 g/mol. The van der Waals surface area contributed by atoms with Crippen molar-refractivity contribution in [3.63, 3.8) is 0 Å². The van der Waals surface area contributed by atoms with Gasteiger partial charge in [0.1, 0.15) is 12.1 Å². The van der Waals surface area contributed by atoms with Gasteiger partial charge in [-0.1, -0.05) is 131 Å². The van der Waals surface area contributed by atoms with Gasteiger partial charge >= 0.3 is 0 Å². The zero-order valence-corrected chi connectivity index (χ0v) is 27.1. The lowest BCUT2D eigenvalue weighted by Gasteiger charge is -2.21. The zero-order chi connectivity index (χ0) is 31.8. The lowest BCUT2D eigenvalue weighted by molar-refractivity contribution is 0.255. The summed E-state index contributed by atoms with van der Waals surface area (Å²) in [6.45, 7) is 8.57. The molecule has 0 bridgehead atoms. The van der Waals surface area contributed by atoms with Gasteiger partial charge in [-0.2, -0.15) is 0 Å². The van der Waals surface area contributed by atoms with Crippen LogP contribution in [0.1, 0.15) is 29.2 Å². The van der Waals surface area contributed by atoms with E-state index in [0.29, 0.717) is 0 Å². The maximum absolute atomic E-state index is 6.63. The van der Waals surface area contributed by atoms with Crippen molar-refractivity contribution in [2.24, 2.45) is 4.99 Å². The molecule has 1 aliphatic carbocycles. The second-order valence-electron chi connectivity index (χ2n) is 13.4. The van der Waals surface area contributed by atoms with Gasteiger partial charge in [0.25, 0.3) is 0 Å². The number of hydrogen-bond acceptors (Lipinski definition) is 2. The smallest absolute Gasteiger partial charge is 0.218 e. The Morgan fingerprint density at radius 2 is 0.894 bits per heavy atom. The van der Waals surface area contributed by atoms with Crippen LogP contribution in [0.5, 0.6) is 0 Å². The summed E-state index contributed by atoms with van der Waals surface area (Å²) in [5.41, 5.74) is 13.4. The standard InChI is InChI=1S/C45H35NO/c1-26-5-12-30(13-6-26)37-24-38(31-14-7-27(2)8-15-31)34-20-21-36-40(45-46-41-23-29(4)11-22-42(41)47-45)25-39(32-16-9-28(3)10-17-32)35-19-18-33(37)43(34)44(35)36/h5-25,41-42H,1-4H3. The molecule has 2 aliphatic rings. The molecule has 1 aliphatic heterocycles. The molecule has 0 fully saturated rings. The zero-order valence-electron chi connectivity index (χ0n) is 27.1. The van der Waals surface area contributed by atoms with E-state index in [1.807, 2.05) is 0 Å².